The van der Waals surface area contributed by atoms with Crippen LogP contribution in [0, 0.1) is 0 Å². The fourth-order valence-electron chi connectivity index (χ4n) is 3.16. The molecule has 2 aliphatic heterocycles. The number of hydrogen-bond acceptors (Lipinski definition) is 5. The van der Waals surface area contributed by atoms with Crippen LogP contribution in [0.25, 0.3) is 0 Å². The molecule has 1 aromatic rings. The molecule has 2 heterocycles. The molecular weight excluding hydrogens is 326 g/mol. The van der Waals surface area contributed by atoms with Crippen molar-refractivity contribution in [1.29, 1.82) is 0 Å². The lowest BCUT2D eigenvalue weighted by Crippen LogP contribution is -2.44. The highest BCUT2D eigenvalue weighted by Crippen LogP contribution is 2.33. The van der Waals surface area contributed by atoms with E-state index in [9.17, 15) is 14.4 Å². The van der Waals surface area contributed by atoms with Gasteiger partial charge in [0, 0.05) is 20.1 Å². The van der Waals surface area contributed by atoms with Gasteiger partial charge in [-0.1, -0.05) is 0 Å². The smallest absolute Gasteiger partial charge is 0.327 e. The highest BCUT2D eigenvalue weighted by molar-refractivity contribution is 6.04. The second-order valence-corrected chi connectivity index (χ2v) is 6.16. The number of fused-ring (bicyclic) bond motifs is 1. The Morgan fingerprint density at radius 1 is 1.08 bits per heavy atom. The lowest BCUT2D eigenvalue weighted by molar-refractivity contribution is -0.137. The monoisotopic (exact) mass is 347 g/mol. The van der Waals surface area contributed by atoms with Gasteiger partial charge in [0.25, 0.3) is 5.91 Å². The van der Waals surface area contributed by atoms with E-state index in [1.54, 1.807) is 26.2 Å². The average molecular weight is 347 g/mol. The number of likely N-dealkylation sites (N-methyl/N-ethyl adjacent to an activating group) is 1. The van der Waals surface area contributed by atoms with Crippen LogP contribution >= 0.6 is 0 Å². The molecule has 0 atom stereocenters. The molecular formula is C17H21N3O5. The molecule has 3 rings (SSSR count). The molecule has 1 aromatic carbocycles. The van der Waals surface area contributed by atoms with Crippen LogP contribution in [0.1, 0.15) is 11.1 Å². The second-order valence-electron chi connectivity index (χ2n) is 6.16. The summed E-state index contributed by atoms with van der Waals surface area (Å²) in [4.78, 5) is 40.3. The standard InChI is InChI=1S/C17H21N3O5/c1-18-9-16(22)20(17(18)23)10-15(21)19-5-4-11-6-13(24-2)14(25-3)7-12(11)8-19/h6-7H,4-5,8-10H2,1-3H3. The number of ether oxygens (including phenoxy) is 2. The summed E-state index contributed by atoms with van der Waals surface area (Å²) in [6, 6.07) is 3.37. The number of methoxy groups -OCH3 is 2. The summed E-state index contributed by atoms with van der Waals surface area (Å²) in [5, 5.41) is 0. The molecule has 0 spiro atoms. The number of carbonyl (C=O) groups excluding carboxylic acids is 3. The van der Waals surface area contributed by atoms with Crippen LogP contribution in [0.3, 0.4) is 0 Å². The van der Waals surface area contributed by atoms with E-state index in [2.05, 4.69) is 0 Å². The minimum Gasteiger partial charge on any atom is -0.493 e. The van der Waals surface area contributed by atoms with E-state index >= 15 is 0 Å². The normalized spacial score (nSPS) is 17.0. The van der Waals surface area contributed by atoms with Gasteiger partial charge in [0.05, 0.1) is 14.2 Å². The number of imide groups is 1. The Bertz CT molecular complexity index is 733. The maximum Gasteiger partial charge on any atom is 0.327 e. The first kappa shape index (κ1) is 17.1. The highest BCUT2D eigenvalue weighted by atomic mass is 16.5. The van der Waals surface area contributed by atoms with E-state index in [0.29, 0.717) is 31.0 Å². The summed E-state index contributed by atoms with van der Waals surface area (Å²) < 4.78 is 10.6. The Morgan fingerprint density at radius 2 is 1.72 bits per heavy atom. The van der Waals surface area contributed by atoms with Crippen LogP contribution in [0.5, 0.6) is 11.5 Å². The van der Waals surface area contributed by atoms with Crippen LogP contribution in [0.15, 0.2) is 12.1 Å². The van der Waals surface area contributed by atoms with Crippen LogP contribution in [0.4, 0.5) is 4.79 Å². The highest BCUT2D eigenvalue weighted by Gasteiger charge is 2.36. The van der Waals surface area contributed by atoms with E-state index in [4.69, 9.17) is 9.47 Å². The third-order valence-corrected chi connectivity index (χ3v) is 4.60. The number of amides is 4. The molecule has 0 saturated carbocycles. The van der Waals surface area contributed by atoms with Crippen molar-refractivity contribution in [2.24, 2.45) is 0 Å². The molecule has 0 bridgehead atoms. The first-order valence-corrected chi connectivity index (χ1v) is 8.01. The number of benzene rings is 1. The number of rotatable bonds is 4. The first-order valence-electron chi connectivity index (χ1n) is 8.01. The molecule has 0 aliphatic carbocycles. The zero-order chi connectivity index (χ0) is 18.1. The molecule has 4 amide bonds. The molecule has 25 heavy (non-hydrogen) atoms. The van der Waals surface area contributed by atoms with Crippen molar-refractivity contribution in [2.75, 3.05) is 40.9 Å². The van der Waals surface area contributed by atoms with Gasteiger partial charge in [0.1, 0.15) is 13.1 Å². The van der Waals surface area contributed by atoms with E-state index < -0.39 is 6.03 Å². The topological polar surface area (TPSA) is 79.4 Å². The van der Waals surface area contributed by atoms with Crippen LogP contribution in [0.2, 0.25) is 0 Å². The van der Waals surface area contributed by atoms with Gasteiger partial charge in [0.15, 0.2) is 11.5 Å². The molecule has 1 saturated heterocycles. The first-order chi connectivity index (χ1) is 11.9. The molecule has 0 radical (unpaired) electrons. The van der Waals surface area contributed by atoms with Crippen LogP contribution in [-0.4, -0.2) is 73.4 Å². The third-order valence-electron chi connectivity index (χ3n) is 4.60. The van der Waals surface area contributed by atoms with Gasteiger partial charge in [-0.3, -0.25) is 14.5 Å². The maximum absolute atomic E-state index is 12.5. The van der Waals surface area contributed by atoms with Crippen LogP contribution < -0.4 is 9.47 Å². The summed E-state index contributed by atoms with van der Waals surface area (Å²) >= 11 is 0. The second kappa shape index (κ2) is 6.62. The SMILES string of the molecule is COc1cc2c(cc1OC)CN(C(=O)CN1C(=O)CN(C)C1=O)CC2. The molecule has 8 nitrogen and oxygen atoms in total. The van der Waals surface area contributed by atoms with Crippen molar-refractivity contribution in [3.8, 4) is 11.5 Å². The average Bonchev–Trinajstić information content (AvgIpc) is 2.85. The Morgan fingerprint density at radius 3 is 2.28 bits per heavy atom. The van der Waals surface area contributed by atoms with Gasteiger partial charge < -0.3 is 19.3 Å². The minimum atomic E-state index is -0.429. The quantitative estimate of drug-likeness (QED) is 0.741. The maximum atomic E-state index is 12.5. The fraction of sp³-hybridized carbons (Fsp3) is 0.471. The Hall–Kier alpha value is -2.77. The molecule has 2 aliphatic rings. The van der Waals surface area contributed by atoms with Crippen molar-refractivity contribution in [3.05, 3.63) is 23.3 Å². The van der Waals surface area contributed by atoms with Gasteiger partial charge >= 0.3 is 6.03 Å². The summed E-state index contributed by atoms with van der Waals surface area (Å²) in [5.41, 5.74) is 2.09. The summed E-state index contributed by atoms with van der Waals surface area (Å²) in [6.45, 7) is 0.754. The predicted octanol–water partition coefficient (Wildman–Crippen LogP) is 0.483. The zero-order valence-corrected chi connectivity index (χ0v) is 14.6. The van der Waals surface area contributed by atoms with Gasteiger partial charge in [-0.05, 0) is 29.7 Å². The van der Waals surface area contributed by atoms with E-state index in [1.165, 1.54) is 4.90 Å². The summed E-state index contributed by atoms with van der Waals surface area (Å²) in [6.07, 6.45) is 0.684. The van der Waals surface area contributed by atoms with Gasteiger partial charge in [-0.2, -0.15) is 0 Å². The lowest BCUT2D eigenvalue weighted by Gasteiger charge is -2.30. The van der Waals surface area contributed by atoms with E-state index in [-0.39, 0.29) is 24.9 Å². The summed E-state index contributed by atoms with van der Waals surface area (Å²) in [5.74, 6) is 0.696. The number of urea groups is 1. The molecule has 134 valence electrons. The molecule has 0 unspecified atom stereocenters. The van der Waals surface area contributed by atoms with Crippen molar-refractivity contribution in [3.63, 3.8) is 0 Å². The van der Waals surface area contributed by atoms with E-state index in [0.717, 1.165) is 16.0 Å². The predicted molar refractivity (Wildman–Crippen MR) is 88.4 cm³/mol. The largest absolute Gasteiger partial charge is 0.493 e. The Balaban J connectivity index is 1.73. The van der Waals surface area contributed by atoms with Crippen molar-refractivity contribution >= 4 is 17.8 Å². The van der Waals surface area contributed by atoms with Gasteiger partial charge in [-0.15, -0.1) is 0 Å². The molecule has 0 N–H and O–H groups in total. The van der Waals surface area contributed by atoms with Gasteiger partial charge in [0.2, 0.25) is 5.91 Å². The number of hydrogen-bond donors (Lipinski definition) is 0. The zero-order valence-electron chi connectivity index (χ0n) is 14.6. The molecule has 8 heteroatoms. The van der Waals surface area contributed by atoms with Crippen molar-refractivity contribution < 1.29 is 23.9 Å². The van der Waals surface area contributed by atoms with Crippen molar-refractivity contribution in [1.82, 2.24) is 14.7 Å². The minimum absolute atomic E-state index is 0.0198. The molecule has 1 fully saturated rings. The molecule has 0 aromatic heterocycles. The number of nitrogens with zero attached hydrogens (tertiary/aromatic N) is 3. The summed E-state index contributed by atoms with van der Waals surface area (Å²) in [7, 11) is 4.70. The third kappa shape index (κ3) is 3.11. The van der Waals surface area contributed by atoms with Gasteiger partial charge in [-0.25, -0.2) is 4.79 Å². The van der Waals surface area contributed by atoms with Crippen LogP contribution in [-0.2, 0) is 22.6 Å². The fourth-order valence-corrected chi connectivity index (χ4v) is 3.16. The van der Waals surface area contributed by atoms with E-state index in [1.807, 2.05) is 12.1 Å². The number of carbonyl (C=O) groups is 3. The van der Waals surface area contributed by atoms with Crippen molar-refractivity contribution in [2.45, 2.75) is 13.0 Å². The Labute approximate surface area is 145 Å². The lowest BCUT2D eigenvalue weighted by atomic mass is 9.98. The Kier molecular flexibility index (Phi) is 4.52.